The Bertz CT molecular complexity index is 366. The van der Waals surface area contributed by atoms with Crippen molar-refractivity contribution >= 4 is 5.97 Å². The zero-order chi connectivity index (χ0) is 11.4. The predicted octanol–water partition coefficient (Wildman–Crippen LogP) is -0.845. The number of rotatable bonds is 4. The maximum absolute atomic E-state index is 10.5. The molecule has 0 saturated heterocycles. The van der Waals surface area contributed by atoms with E-state index in [2.05, 4.69) is 0 Å². The number of quaternary nitrogens is 1. The van der Waals surface area contributed by atoms with E-state index in [1.807, 2.05) is 0 Å². The van der Waals surface area contributed by atoms with Crippen molar-refractivity contribution < 1.29 is 25.6 Å². The van der Waals surface area contributed by atoms with E-state index in [1.54, 1.807) is 0 Å². The summed E-state index contributed by atoms with van der Waals surface area (Å²) in [6.07, 6.45) is -0.00727. The Hall–Kier alpha value is -1.79. The first-order valence-electron chi connectivity index (χ1n) is 4.23. The van der Waals surface area contributed by atoms with Gasteiger partial charge in [0.25, 0.3) is 0 Å². The van der Waals surface area contributed by atoms with E-state index < -0.39 is 12.0 Å². The van der Waals surface area contributed by atoms with Gasteiger partial charge in [-0.3, -0.25) is 0 Å². The lowest BCUT2D eigenvalue weighted by Crippen LogP contribution is -2.87. The van der Waals surface area contributed by atoms with Gasteiger partial charge in [-0.15, -0.1) is 0 Å². The molecule has 0 amide bonds. The van der Waals surface area contributed by atoms with Crippen molar-refractivity contribution in [1.82, 2.24) is 0 Å². The molecule has 0 spiro atoms. The first-order chi connectivity index (χ1) is 7.04. The van der Waals surface area contributed by atoms with Crippen LogP contribution in [0.3, 0.4) is 0 Å². The van der Waals surface area contributed by atoms with E-state index in [0.29, 0.717) is 11.0 Å². The number of carboxylic acid groups (broad SMARTS) is 1. The Kier molecular flexibility index (Phi) is 3.48. The van der Waals surface area contributed by atoms with Crippen LogP contribution in [0.1, 0.15) is 5.56 Å². The Morgan fingerprint density at radius 2 is 2.07 bits per heavy atom. The van der Waals surface area contributed by atoms with Crippen molar-refractivity contribution in [3.63, 3.8) is 0 Å². The highest BCUT2D eigenvalue weighted by atomic mass is 16.5. The van der Waals surface area contributed by atoms with Crippen LogP contribution >= 0.6 is 0 Å². The zero-order valence-corrected chi connectivity index (χ0v) is 7.75. The van der Waals surface area contributed by atoms with Crippen LogP contribution < -0.4 is 5.48 Å². The van der Waals surface area contributed by atoms with Crippen molar-refractivity contribution in [3.05, 3.63) is 29.0 Å². The van der Waals surface area contributed by atoms with Crippen LogP contribution in [0, 0.1) is 5.21 Å². The molecule has 5 N–H and O–H groups in total. The molecule has 0 radical (unpaired) electrons. The lowest BCUT2D eigenvalue weighted by Gasteiger charge is -2.12. The van der Waals surface area contributed by atoms with E-state index in [-0.39, 0.29) is 17.9 Å². The van der Waals surface area contributed by atoms with Gasteiger partial charge in [0.1, 0.15) is 0 Å². The second-order valence-corrected chi connectivity index (χ2v) is 3.11. The van der Waals surface area contributed by atoms with Crippen molar-refractivity contribution in [2.75, 3.05) is 0 Å². The van der Waals surface area contributed by atoms with E-state index >= 15 is 0 Å². The maximum atomic E-state index is 10.5. The van der Waals surface area contributed by atoms with Crippen LogP contribution in [0.4, 0.5) is 0 Å². The summed E-state index contributed by atoms with van der Waals surface area (Å²) in [6.45, 7) is 0. The number of hydroxylamine groups is 1. The third kappa shape index (κ3) is 2.83. The molecule has 1 atom stereocenters. The molecule has 6 heteroatoms. The van der Waals surface area contributed by atoms with Gasteiger partial charge in [-0.2, -0.15) is 0 Å². The molecule has 15 heavy (non-hydrogen) atoms. The third-order valence-corrected chi connectivity index (χ3v) is 1.98. The van der Waals surface area contributed by atoms with Crippen LogP contribution in [-0.2, 0) is 11.2 Å². The van der Waals surface area contributed by atoms with E-state index in [0.717, 1.165) is 0 Å². The Morgan fingerprint density at radius 3 is 2.53 bits per heavy atom. The number of carboxylic acids is 1. The summed E-state index contributed by atoms with van der Waals surface area (Å²) >= 11 is 0. The van der Waals surface area contributed by atoms with Crippen LogP contribution in [0.25, 0.3) is 0 Å². The zero-order valence-electron chi connectivity index (χ0n) is 7.75. The predicted molar refractivity (Wildman–Crippen MR) is 50.2 cm³/mol. The van der Waals surface area contributed by atoms with E-state index in [1.165, 1.54) is 18.2 Å². The van der Waals surface area contributed by atoms with Crippen molar-refractivity contribution in [2.24, 2.45) is 0 Å². The van der Waals surface area contributed by atoms with E-state index in [9.17, 15) is 10.0 Å². The summed E-state index contributed by atoms with van der Waals surface area (Å²) in [5.74, 6) is -1.82. The molecule has 1 aromatic carbocycles. The van der Waals surface area contributed by atoms with E-state index in [4.69, 9.17) is 15.3 Å². The highest BCUT2D eigenvalue weighted by molar-refractivity contribution is 5.72. The molecule has 1 rings (SSSR count). The SMILES string of the molecule is O=C(O)[C@H](Cc1ccc(O)c(O)c1)[NH2+][O-]. The molecule has 0 saturated carbocycles. The minimum atomic E-state index is -1.21. The molecule has 6 nitrogen and oxygen atoms in total. The molecule has 0 fully saturated rings. The number of phenolic OH excluding ortho intramolecular Hbond substituents is 2. The maximum Gasteiger partial charge on any atom is 0.363 e. The molecule has 0 unspecified atom stereocenters. The fraction of sp³-hybridized carbons (Fsp3) is 0.222. The summed E-state index contributed by atoms with van der Waals surface area (Å²) in [5.41, 5.74) is 0.816. The summed E-state index contributed by atoms with van der Waals surface area (Å²) in [7, 11) is 0. The topological polar surface area (TPSA) is 117 Å². The number of carbonyl (C=O) groups is 1. The van der Waals surface area contributed by atoms with Crippen LogP contribution in [-0.4, -0.2) is 27.3 Å². The number of aliphatic carboxylic acids is 1. The number of hydrogen-bond acceptors (Lipinski definition) is 4. The van der Waals surface area contributed by atoms with Crippen molar-refractivity contribution in [3.8, 4) is 11.5 Å². The van der Waals surface area contributed by atoms with Gasteiger partial charge in [0.2, 0.25) is 0 Å². The number of phenols is 2. The second kappa shape index (κ2) is 4.63. The fourth-order valence-corrected chi connectivity index (χ4v) is 1.14. The van der Waals surface area contributed by atoms with Gasteiger partial charge in [0.15, 0.2) is 17.5 Å². The highest BCUT2D eigenvalue weighted by Gasteiger charge is 2.18. The van der Waals surface area contributed by atoms with Gasteiger partial charge in [-0.1, -0.05) is 6.07 Å². The van der Waals surface area contributed by atoms with Gasteiger partial charge >= 0.3 is 5.97 Å². The lowest BCUT2D eigenvalue weighted by molar-refractivity contribution is -0.614. The average Bonchev–Trinajstić information content (AvgIpc) is 2.19. The Morgan fingerprint density at radius 1 is 1.40 bits per heavy atom. The molecular weight excluding hydrogens is 202 g/mol. The molecule has 82 valence electrons. The van der Waals surface area contributed by atoms with Crippen LogP contribution in [0.15, 0.2) is 18.2 Å². The standard InChI is InChI=1S/C9H11NO5/c11-7-2-1-5(4-8(7)12)3-6(10-15)9(13)14/h1-2,4,6,11-12H,3,10H2,(H,13,14)/t6-/m0/s1. The number of benzene rings is 1. The molecule has 0 aromatic heterocycles. The second-order valence-electron chi connectivity index (χ2n) is 3.11. The average molecular weight is 213 g/mol. The summed E-state index contributed by atoms with van der Waals surface area (Å²) in [5, 5.41) is 37.2. The van der Waals surface area contributed by atoms with Crippen molar-refractivity contribution in [2.45, 2.75) is 12.5 Å². The van der Waals surface area contributed by atoms with Gasteiger partial charge in [-0.25, -0.2) is 4.79 Å². The Balaban J connectivity index is 2.80. The van der Waals surface area contributed by atoms with Crippen molar-refractivity contribution in [1.29, 1.82) is 0 Å². The molecule has 0 bridgehead atoms. The smallest absolute Gasteiger partial charge is 0.363 e. The molecule has 0 aliphatic heterocycles. The normalized spacial score (nSPS) is 12.3. The minimum absolute atomic E-state index is 0.00727. The minimum Gasteiger partial charge on any atom is -0.635 e. The molecule has 1 aromatic rings. The lowest BCUT2D eigenvalue weighted by atomic mass is 10.1. The van der Waals surface area contributed by atoms with Gasteiger partial charge in [0, 0.05) is 6.42 Å². The van der Waals surface area contributed by atoms with Crippen LogP contribution in [0.2, 0.25) is 0 Å². The number of aromatic hydroxyl groups is 2. The molecule has 0 heterocycles. The fourth-order valence-electron chi connectivity index (χ4n) is 1.14. The highest BCUT2D eigenvalue weighted by Crippen LogP contribution is 2.25. The summed E-state index contributed by atoms with van der Waals surface area (Å²) in [6, 6.07) is 2.80. The van der Waals surface area contributed by atoms with Crippen LogP contribution in [0.5, 0.6) is 11.5 Å². The van der Waals surface area contributed by atoms with Gasteiger partial charge < -0.3 is 26.0 Å². The van der Waals surface area contributed by atoms with Gasteiger partial charge in [-0.05, 0) is 17.7 Å². The molecule has 0 aliphatic rings. The Labute approximate surface area is 85.4 Å². The first-order valence-corrected chi connectivity index (χ1v) is 4.23. The number of hydrogen-bond donors (Lipinski definition) is 4. The van der Waals surface area contributed by atoms with Gasteiger partial charge in [0.05, 0.1) is 0 Å². The first kappa shape index (κ1) is 11.3. The third-order valence-electron chi connectivity index (χ3n) is 1.98. The molecule has 0 aliphatic carbocycles. The largest absolute Gasteiger partial charge is 0.635 e. The number of nitrogens with two attached hydrogens (primary N) is 1. The summed E-state index contributed by atoms with van der Waals surface area (Å²) in [4.78, 5) is 10.5. The quantitative estimate of drug-likeness (QED) is 0.384. The molecular formula is C9H11NO5. The summed E-state index contributed by atoms with van der Waals surface area (Å²) < 4.78 is 0. The monoisotopic (exact) mass is 213 g/mol.